The Bertz CT molecular complexity index is 349. The van der Waals surface area contributed by atoms with E-state index in [0.29, 0.717) is 6.42 Å². The number of hydrogen-bond acceptors (Lipinski definition) is 1. The molecule has 0 saturated heterocycles. The van der Waals surface area contributed by atoms with Crippen LogP contribution in [-0.4, -0.2) is 24.7 Å². The van der Waals surface area contributed by atoms with E-state index >= 15 is 0 Å². The lowest BCUT2D eigenvalue weighted by Crippen LogP contribution is -2.31. The monoisotopic (exact) mass is 221 g/mol. The van der Waals surface area contributed by atoms with Gasteiger partial charge in [-0.05, 0) is 36.0 Å². The lowest BCUT2D eigenvalue weighted by molar-refractivity contribution is 0.241. The maximum atomic E-state index is 12.1. The predicted octanol–water partition coefficient (Wildman–Crippen LogP) is 2.97. The van der Waals surface area contributed by atoms with E-state index in [1.807, 2.05) is 0 Å². The molecule has 0 radical (unpaired) electrons. The Labute approximate surface area is 97.3 Å². The standard InChI is InChI=1S/C14H20FN/c1-2-12-4-5-13-6-9-16(8-3-7-15)11-14(13)10-12/h4-5,10H,2-3,6-9,11H2,1H3. The minimum Gasteiger partial charge on any atom is -0.299 e. The molecule has 88 valence electrons. The van der Waals surface area contributed by atoms with E-state index in [1.54, 1.807) is 0 Å². The van der Waals surface area contributed by atoms with Gasteiger partial charge in [-0.2, -0.15) is 0 Å². The van der Waals surface area contributed by atoms with Gasteiger partial charge in [0.05, 0.1) is 6.67 Å². The van der Waals surface area contributed by atoms with Crippen molar-refractivity contribution in [2.45, 2.75) is 32.7 Å². The molecule has 1 aliphatic heterocycles. The number of alkyl halides is 1. The molecule has 1 aliphatic rings. The van der Waals surface area contributed by atoms with Crippen LogP contribution in [0.1, 0.15) is 30.0 Å². The Morgan fingerprint density at radius 2 is 2.19 bits per heavy atom. The number of hydrogen-bond donors (Lipinski definition) is 0. The van der Waals surface area contributed by atoms with Gasteiger partial charge in [0.1, 0.15) is 0 Å². The number of fused-ring (bicyclic) bond motifs is 1. The van der Waals surface area contributed by atoms with Gasteiger partial charge in [-0.3, -0.25) is 9.29 Å². The second-order valence-electron chi connectivity index (χ2n) is 4.53. The molecule has 0 aromatic heterocycles. The SMILES string of the molecule is CCc1ccc2c(c1)CN(CCCF)CC2. The number of aryl methyl sites for hydroxylation is 1. The molecule has 0 fully saturated rings. The zero-order valence-electron chi connectivity index (χ0n) is 10.0. The van der Waals surface area contributed by atoms with Crippen LogP contribution < -0.4 is 0 Å². The van der Waals surface area contributed by atoms with Crippen LogP contribution in [0, 0.1) is 0 Å². The largest absolute Gasteiger partial charge is 0.299 e. The highest BCUT2D eigenvalue weighted by Gasteiger charge is 2.15. The molecule has 0 spiro atoms. The molecule has 1 nitrogen and oxygen atoms in total. The smallest absolute Gasteiger partial charge is 0.0906 e. The second kappa shape index (κ2) is 5.44. The van der Waals surface area contributed by atoms with Crippen molar-refractivity contribution in [1.29, 1.82) is 0 Å². The second-order valence-corrected chi connectivity index (χ2v) is 4.53. The fourth-order valence-corrected chi connectivity index (χ4v) is 2.36. The average molecular weight is 221 g/mol. The molecule has 0 atom stereocenters. The molecule has 1 heterocycles. The minimum atomic E-state index is -0.196. The summed E-state index contributed by atoms with van der Waals surface area (Å²) >= 11 is 0. The predicted molar refractivity (Wildman–Crippen MR) is 65.4 cm³/mol. The average Bonchev–Trinajstić information content (AvgIpc) is 2.35. The maximum Gasteiger partial charge on any atom is 0.0906 e. The topological polar surface area (TPSA) is 3.24 Å². The molecule has 0 N–H and O–H groups in total. The van der Waals surface area contributed by atoms with Crippen molar-refractivity contribution in [2.24, 2.45) is 0 Å². The minimum absolute atomic E-state index is 0.196. The fraction of sp³-hybridized carbons (Fsp3) is 0.571. The summed E-state index contributed by atoms with van der Waals surface area (Å²) in [6, 6.07) is 6.81. The molecular weight excluding hydrogens is 201 g/mol. The zero-order valence-corrected chi connectivity index (χ0v) is 10.0. The highest BCUT2D eigenvalue weighted by molar-refractivity contribution is 5.33. The lowest BCUT2D eigenvalue weighted by Gasteiger charge is -2.28. The summed E-state index contributed by atoms with van der Waals surface area (Å²) in [6.07, 6.45) is 2.88. The Kier molecular flexibility index (Phi) is 3.94. The van der Waals surface area contributed by atoms with Crippen LogP contribution in [0.3, 0.4) is 0 Å². The van der Waals surface area contributed by atoms with Crippen LogP contribution in [0.5, 0.6) is 0 Å². The first-order chi connectivity index (χ1) is 7.83. The van der Waals surface area contributed by atoms with E-state index in [4.69, 9.17) is 0 Å². The van der Waals surface area contributed by atoms with Crippen molar-refractivity contribution < 1.29 is 4.39 Å². The number of benzene rings is 1. The Morgan fingerprint density at radius 1 is 1.31 bits per heavy atom. The van der Waals surface area contributed by atoms with Gasteiger partial charge in [-0.25, -0.2) is 0 Å². The van der Waals surface area contributed by atoms with Gasteiger partial charge in [0.15, 0.2) is 0 Å². The van der Waals surface area contributed by atoms with Crippen LogP contribution in [0.2, 0.25) is 0 Å². The van der Waals surface area contributed by atoms with Gasteiger partial charge in [-0.15, -0.1) is 0 Å². The van der Waals surface area contributed by atoms with Crippen molar-refractivity contribution in [3.05, 3.63) is 34.9 Å². The van der Waals surface area contributed by atoms with Crippen molar-refractivity contribution >= 4 is 0 Å². The number of nitrogens with zero attached hydrogens (tertiary/aromatic N) is 1. The van der Waals surface area contributed by atoms with Crippen molar-refractivity contribution in [2.75, 3.05) is 19.8 Å². The Balaban J connectivity index is 2.06. The van der Waals surface area contributed by atoms with Gasteiger partial charge in [0.25, 0.3) is 0 Å². The molecule has 0 aliphatic carbocycles. The first kappa shape index (κ1) is 11.6. The summed E-state index contributed by atoms with van der Waals surface area (Å²) in [5, 5.41) is 0. The van der Waals surface area contributed by atoms with Crippen molar-refractivity contribution in [1.82, 2.24) is 4.90 Å². The Morgan fingerprint density at radius 3 is 2.94 bits per heavy atom. The van der Waals surface area contributed by atoms with Crippen LogP contribution in [0.25, 0.3) is 0 Å². The van der Waals surface area contributed by atoms with Crippen molar-refractivity contribution in [3.8, 4) is 0 Å². The first-order valence-corrected chi connectivity index (χ1v) is 6.22. The fourth-order valence-electron chi connectivity index (χ4n) is 2.36. The number of rotatable bonds is 4. The molecule has 2 rings (SSSR count). The quantitative estimate of drug-likeness (QED) is 0.755. The summed E-state index contributed by atoms with van der Waals surface area (Å²) in [5.74, 6) is 0. The van der Waals surface area contributed by atoms with E-state index in [-0.39, 0.29) is 6.67 Å². The molecule has 0 amide bonds. The molecule has 16 heavy (non-hydrogen) atoms. The summed E-state index contributed by atoms with van der Waals surface area (Å²) in [5.41, 5.74) is 4.34. The third kappa shape index (κ3) is 2.62. The third-order valence-corrected chi connectivity index (χ3v) is 3.38. The van der Waals surface area contributed by atoms with Gasteiger partial charge in [0, 0.05) is 19.6 Å². The zero-order chi connectivity index (χ0) is 11.4. The normalized spacial score (nSPS) is 16.1. The molecule has 0 bridgehead atoms. The Hall–Kier alpha value is -0.890. The summed E-state index contributed by atoms with van der Waals surface area (Å²) in [4.78, 5) is 2.36. The van der Waals surface area contributed by atoms with E-state index in [2.05, 4.69) is 30.0 Å². The number of halogens is 1. The van der Waals surface area contributed by atoms with E-state index in [1.165, 1.54) is 16.7 Å². The molecular formula is C14H20FN. The van der Waals surface area contributed by atoms with Gasteiger partial charge < -0.3 is 0 Å². The van der Waals surface area contributed by atoms with Crippen LogP contribution in [-0.2, 0) is 19.4 Å². The van der Waals surface area contributed by atoms with Gasteiger partial charge in [0.2, 0.25) is 0 Å². The molecule has 0 saturated carbocycles. The summed E-state index contributed by atoms with van der Waals surface area (Å²) in [7, 11) is 0. The van der Waals surface area contributed by atoms with Crippen LogP contribution in [0.4, 0.5) is 4.39 Å². The molecule has 2 heteroatoms. The van der Waals surface area contributed by atoms with Gasteiger partial charge in [-0.1, -0.05) is 25.1 Å². The molecule has 0 unspecified atom stereocenters. The van der Waals surface area contributed by atoms with E-state index in [0.717, 1.165) is 32.5 Å². The van der Waals surface area contributed by atoms with Crippen LogP contribution >= 0.6 is 0 Å². The van der Waals surface area contributed by atoms with Crippen molar-refractivity contribution in [3.63, 3.8) is 0 Å². The highest BCUT2D eigenvalue weighted by atomic mass is 19.1. The van der Waals surface area contributed by atoms with E-state index < -0.39 is 0 Å². The lowest BCUT2D eigenvalue weighted by atomic mass is 9.96. The maximum absolute atomic E-state index is 12.1. The summed E-state index contributed by atoms with van der Waals surface area (Å²) < 4.78 is 12.1. The molecule has 1 aromatic carbocycles. The third-order valence-electron chi connectivity index (χ3n) is 3.38. The van der Waals surface area contributed by atoms with Gasteiger partial charge >= 0.3 is 0 Å². The van der Waals surface area contributed by atoms with E-state index in [9.17, 15) is 4.39 Å². The summed E-state index contributed by atoms with van der Waals surface area (Å²) in [6.45, 7) is 4.97. The first-order valence-electron chi connectivity index (χ1n) is 6.22. The molecule has 1 aromatic rings. The van der Waals surface area contributed by atoms with Crippen LogP contribution in [0.15, 0.2) is 18.2 Å². The highest BCUT2D eigenvalue weighted by Crippen LogP contribution is 2.20.